The van der Waals surface area contributed by atoms with Gasteiger partial charge in [0.15, 0.2) is 5.65 Å². The third kappa shape index (κ3) is 6.79. The summed E-state index contributed by atoms with van der Waals surface area (Å²) in [5.74, 6) is 0.242. The molecule has 0 saturated heterocycles. The quantitative estimate of drug-likeness (QED) is 0.160. The first-order valence-electron chi connectivity index (χ1n) is 14.9. The molecule has 0 aliphatic rings. The highest BCUT2D eigenvalue weighted by atomic mass is 32.2. The van der Waals surface area contributed by atoms with E-state index in [-0.39, 0.29) is 17.3 Å². The highest BCUT2D eigenvalue weighted by Gasteiger charge is 2.22. The van der Waals surface area contributed by atoms with Crippen molar-refractivity contribution in [3.63, 3.8) is 0 Å². The Morgan fingerprint density at radius 2 is 1.36 bits per heavy atom. The van der Waals surface area contributed by atoms with E-state index in [0.29, 0.717) is 54.3 Å². The van der Waals surface area contributed by atoms with Gasteiger partial charge in [0.1, 0.15) is 11.3 Å². The maximum absolute atomic E-state index is 12.9. The van der Waals surface area contributed by atoms with Crippen molar-refractivity contribution >= 4 is 38.8 Å². The second-order valence-corrected chi connectivity index (χ2v) is 12.2. The smallest absolute Gasteiger partial charge is 0.413 e. The fourth-order valence-electron chi connectivity index (χ4n) is 5.17. The monoisotopic (exact) mass is 624 g/mol. The predicted octanol–water partition coefficient (Wildman–Crippen LogP) is 6.55. The van der Waals surface area contributed by atoms with Crippen LogP contribution in [0.2, 0.25) is 0 Å². The Bertz CT molecular complexity index is 1880. The van der Waals surface area contributed by atoms with E-state index in [9.17, 15) is 18.3 Å². The van der Waals surface area contributed by atoms with Gasteiger partial charge < -0.3 is 10.4 Å². The third-order valence-corrected chi connectivity index (χ3v) is 9.60. The van der Waals surface area contributed by atoms with E-state index < -0.39 is 16.1 Å². The second kappa shape index (κ2) is 13.8. The Balaban J connectivity index is 1.53. The van der Waals surface area contributed by atoms with Crippen LogP contribution in [-0.2, 0) is 16.4 Å². The van der Waals surface area contributed by atoms with Crippen LogP contribution in [0.3, 0.4) is 0 Å². The summed E-state index contributed by atoms with van der Waals surface area (Å²) in [5.41, 5.74) is 5.46. The molecule has 232 valence electrons. The summed E-state index contributed by atoms with van der Waals surface area (Å²) in [6.45, 7) is 6.88. The molecule has 5 rings (SSSR count). The van der Waals surface area contributed by atoms with Crippen molar-refractivity contribution < 1.29 is 18.3 Å². The molecule has 45 heavy (non-hydrogen) atoms. The van der Waals surface area contributed by atoms with Crippen molar-refractivity contribution in [3.8, 4) is 22.5 Å². The van der Waals surface area contributed by atoms with Crippen LogP contribution >= 0.6 is 0 Å². The molecule has 10 nitrogen and oxygen atoms in total. The van der Waals surface area contributed by atoms with Gasteiger partial charge in [-0.3, -0.25) is 4.90 Å². The lowest BCUT2D eigenvalue weighted by atomic mass is 10.0. The molecule has 2 heterocycles. The molecule has 2 N–H and O–H groups in total. The Morgan fingerprint density at radius 1 is 0.778 bits per heavy atom. The topological polar surface area (TPSA) is 129 Å². The van der Waals surface area contributed by atoms with E-state index in [4.69, 9.17) is 9.97 Å². The lowest BCUT2D eigenvalue weighted by Gasteiger charge is -2.19. The fourth-order valence-corrected chi connectivity index (χ4v) is 6.63. The van der Waals surface area contributed by atoms with Crippen molar-refractivity contribution in [2.24, 2.45) is 0 Å². The molecule has 0 aliphatic carbocycles. The maximum Gasteiger partial charge on any atom is 0.413 e. The van der Waals surface area contributed by atoms with Crippen molar-refractivity contribution in [3.05, 3.63) is 96.6 Å². The molecule has 5 aromatic rings. The van der Waals surface area contributed by atoms with Gasteiger partial charge in [0.25, 0.3) is 0 Å². The number of anilines is 2. The number of sulfonamides is 1. The van der Waals surface area contributed by atoms with Gasteiger partial charge in [-0.2, -0.15) is 4.31 Å². The number of nitrogens with zero attached hydrogens (tertiary/aromatic N) is 5. The van der Waals surface area contributed by atoms with E-state index >= 15 is 0 Å². The molecule has 0 bridgehead atoms. The third-order valence-electron chi connectivity index (χ3n) is 7.54. The Kier molecular flexibility index (Phi) is 9.70. The maximum atomic E-state index is 12.9. The Labute approximate surface area is 263 Å². The van der Waals surface area contributed by atoms with Crippen molar-refractivity contribution in [1.82, 2.24) is 19.3 Å². The van der Waals surface area contributed by atoms with Gasteiger partial charge in [-0.25, -0.2) is 28.2 Å². The molecule has 3 aromatic carbocycles. The van der Waals surface area contributed by atoms with Gasteiger partial charge in [-0.05, 0) is 31.0 Å². The van der Waals surface area contributed by atoms with Crippen molar-refractivity contribution in [2.45, 2.75) is 32.1 Å². The van der Waals surface area contributed by atoms with Crippen LogP contribution in [0.1, 0.15) is 26.3 Å². The molecule has 0 radical (unpaired) electrons. The number of hydrogen-bond donors (Lipinski definition) is 2. The first kappa shape index (κ1) is 31.6. The minimum absolute atomic E-state index is 0.205. The lowest BCUT2D eigenvalue weighted by molar-refractivity contribution is 0.202. The predicted molar refractivity (Wildman–Crippen MR) is 178 cm³/mol. The fraction of sp³-hybridized carbons (Fsp3) is 0.235. The van der Waals surface area contributed by atoms with Crippen molar-refractivity contribution in [1.29, 1.82) is 0 Å². The van der Waals surface area contributed by atoms with E-state index in [1.165, 1.54) is 4.31 Å². The number of rotatable bonds is 12. The van der Waals surface area contributed by atoms with Crippen LogP contribution in [0.5, 0.6) is 0 Å². The summed E-state index contributed by atoms with van der Waals surface area (Å²) in [5, 5.41) is 13.3. The first-order valence-corrected chi connectivity index (χ1v) is 16.4. The van der Waals surface area contributed by atoms with Gasteiger partial charge in [-0.15, -0.1) is 0 Å². The summed E-state index contributed by atoms with van der Waals surface area (Å²) >= 11 is 0. The number of amides is 1. The number of pyridine rings is 1. The molecule has 0 spiro atoms. The first-order chi connectivity index (χ1) is 21.8. The number of hydrogen-bond acceptors (Lipinski definition) is 7. The van der Waals surface area contributed by atoms with Gasteiger partial charge in [0.05, 0.1) is 22.0 Å². The zero-order valence-electron chi connectivity index (χ0n) is 25.5. The molecule has 0 unspecified atom stereocenters. The molecule has 2 aromatic heterocycles. The van der Waals surface area contributed by atoms with E-state index in [1.54, 1.807) is 25.1 Å². The van der Waals surface area contributed by atoms with Crippen LogP contribution in [0.4, 0.5) is 16.3 Å². The minimum atomic E-state index is -3.54. The molecule has 0 aliphatic heterocycles. The molecule has 0 atom stereocenters. The number of fused-ring (bicyclic) bond motifs is 1. The molecule has 1 amide bonds. The number of aromatic nitrogens is 3. The van der Waals surface area contributed by atoms with Crippen LogP contribution in [0.15, 0.2) is 95.9 Å². The number of nitrogens with one attached hydrogen (secondary N) is 1. The van der Waals surface area contributed by atoms with E-state index in [2.05, 4.69) is 10.3 Å². The highest BCUT2D eigenvalue weighted by molar-refractivity contribution is 7.89. The summed E-state index contributed by atoms with van der Waals surface area (Å²) in [6, 6.07) is 28.1. The summed E-state index contributed by atoms with van der Waals surface area (Å²) in [7, 11) is -3.54. The molecule has 0 saturated carbocycles. The minimum Gasteiger partial charge on any atom is -0.465 e. The molecule has 0 fully saturated rings. The average molecular weight is 625 g/mol. The van der Waals surface area contributed by atoms with Gasteiger partial charge in [-0.1, -0.05) is 86.6 Å². The average Bonchev–Trinajstić information content (AvgIpc) is 3.06. The standard InChI is InChI=1S/C34H36N6O4S/c1-4-39(5-2)45(43,44)27-19-17-24(18-20-27)21-22-35-28-23-29(40(6-3)34(41)42)36-33-32(28)37-30(25-13-9-7-10-14-25)31(38-33)26-15-11-8-12-16-26/h7-20,23H,4-6,21-22H2,1-3H3,(H,41,42)(H,35,36,38). The molecular weight excluding hydrogens is 588 g/mol. The highest BCUT2D eigenvalue weighted by Crippen LogP contribution is 2.34. The largest absolute Gasteiger partial charge is 0.465 e. The number of carbonyl (C=O) groups is 1. The van der Waals surface area contributed by atoms with E-state index in [1.807, 2.05) is 86.6 Å². The summed E-state index contributed by atoms with van der Waals surface area (Å²) < 4.78 is 27.2. The molecular formula is C34H36N6O4S. The second-order valence-electron chi connectivity index (χ2n) is 10.3. The summed E-state index contributed by atoms with van der Waals surface area (Å²) in [4.78, 5) is 28.2. The van der Waals surface area contributed by atoms with Crippen LogP contribution in [0.25, 0.3) is 33.7 Å². The van der Waals surface area contributed by atoms with Crippen molar-refractivity contribution in [2.75, 3.05) is 36.4 Å². The van der Waals surface area contributed by atoms with Gasteiger partial charge in [0.2, 0.25) is 10.0 Å². The van der Waals surface area contributed by atoms with Gasteiger partial charge >= 0.3 is 6.09 Å². The zero-order chi connectivity index (χ0) is 32.0. The number of carboxylic acid groups (broad SMARTS) is 1. The Hall–Kier alpha value is -4.87. The SMILES string of the molecule is CCN(C(=O)O)c1cc(NCCc2ccc(S(=O)(=O)N(CC)CC)cc2)c2nc(-c3ccccc3)c(-c3ccccc3)nc2n1. The molecule has 11 heteroatoms. The Morgan fingerprint density at radius 3 is 1.89 bits per heavy atom. The van der Waals surface area contributed by atoms with Crippen LogP contribution in [0, 0.1) is 0 Å². The van der Waals surface area contributed by atoms with E-state index in [0.717, 1.165) is 21.6 Å². The van der Waals surface area contributed by atoms with Crippen LogP contribution < -0.4 is 10.2 Å². The number of benzene rings is 3. The van der Waals surface area contributed by atoms with Gasteiger partial charge in [0, 0.05) is 43.4 Å². The van der Waals surface area contributed by atoms with Crippen LogP contribution in [-0.4, -0.2) is 65.1 Å². The summed E-state index contributed by atoms with van der Waals surface area (Å²) in [6.07, 6.45) is -0.533. The lowest BCUT2D eigenvalue weighted by Crippen LogP contribution is -2.30. The normalized spacial score (nSPS) is 11.6. The zero-order valence-corrected chi connectivity index (χ0v) is 26.3.